The molecule has 2 aliphatic carbocycles. The van der Waals surface area contributed by atoms with Crippen molar-refractivity contribution in [2.45, 2.75) is 122 Å². The Morgan fingerprint density at radius 1 is 0.836 bits per heavy atom. The van der Waals surface area contributed by atoms with Crippen molar-refractivity contribution < 1.29 is 57.1 Å². The predicted molar refractivity (Wildman–Crippen MR) is 237 cm³/mol. The van der Waals surface area contributed by atoms with Gasteiger partial charge in [-0.2, -0.15) is 0 Å². The highest BCUT2D eigenvalue weighted by Gasteiger charge is 2.42. The van der Waals surface area contributed by atoms with E-state index in [1.54, 1.807) is 0 Å². The third-order valence-corrected chi connectivity index (χ3v) is 14.7. The normalized spacial score (nSPS) is 26.5. The number of esters is 2. The highest BCUT2D eigenvalue weighted by atomic mass is 33.1. The highest BCUT2D eigenvalue weighted by molar-refractivity contribution is 8.77. The molecule has 16 heteroatoms. The van der Waals surface area contributed by atoms with Crippen LogP contribution in [0.25, 0.3) is 0 Å². The van der Waals surface area contributed by atoms with Gasteiger partial charge in [-0.25, -0.2) is 4.79 Å². The SMILES string of the molecule is CCC(C)C(=O)O[C@@H]1C[C@H](C)C=C2C=C[C@H](C)[C@H](CCC3CC(OC(=O)NCCOCCOCCOCCOCCOCCNC(=O)CCCCC4CCSS4)CC(=O)O3)[C@@H]21. The second kappa shape index (κ2) is 29.9. The number of carbonyl (C=O) groups excluding carboxylic acids is 4. The smallest absolute Gasteiger partial charge is 0.407 e. The van der Waals surface area contributed by atoms with Gasteiger partial charge in [0.15, 0.2) is 0 Å². The number of alkyl carbamates (subject to hydrolysis) is 1. The van der Waals surface area contributed by atoms with E-state index in [1.807, 2.05) is 35.4 Å². The number of fused-ring (bicyclic) bond motifs is 1. The van der Waals surface area contributed by atoms with E-state index in [-0.39, 0.29) is 73.3 Å². The van der Waals surface area contributed by atoms with Crippen LogP contribution in [0.1, 0.15) is 98.3 Å². The van der Waals surface area contributed by atoms with Gasteiger partial charge in [0.05, 0.1) is 78.4 Å². The molecule has 4 aliphatic rings. The molecule has 348 valence electrons. The van der Waals surface area contributed by atoms with Gasteiger partial charge in [-0.3, -0.25) is 14.4 Å². The summed E-state index contributed by atoms with van der Waals surface area (Å²) in [5, 5.41) is 6.38. The zero-order valence-corrected chi connectivity index (χ0v) is 38.7. The first kappa shape index (κ1) is 51.3. The van der Waals surface area contributed by atoms with Crippen LogP contribution in [-0.4, -0.2) is 132 Å². The van der Waals surface area contributed by atoms with Gasteiger partial charge in [-0.05, 0) is 68.3 Å². The summed E-state index contributed by atoms with van der Waals surface area (Å²) in [5.74, 6) is 1.62. The third kappa shape index (κ3) is 20.4. The number of hydrogen-bond acceptors (Lipinski definition) is 14. The van der Waals surface area contributed by atoms with Crippen LogP contribution >= 0.6 is 21.6 Å². The molecule has 2 saturated heterocycles. The molecule has 0 radical (unpaired) electrons. The van der Waals surface area contributed by atoms with Gasteiger partial charge in [0, 0.05) is 42.9 Å². The lowest BCUT2D eigenvalue weighted by molar-refractivity contribution is -0.162. The van der Waals surface area contributed by atoms with E-state index in [1.165, 1.54) is 24.2 Å². The van der Waals surface area contributed by atoms with Crippen molar-refractivity contribution in [2.24, 2.45) is 29.6 Å². The fraction of sp³-hybridized carbons (Fsp3) is 0.822. The van der Waals surface area contributed by atoms with Gasteiger partial charge in [0.2, 0.25) is 5.91 Å². The minimum atomic E-state index is -0.593. The minimum absolute atomic E-state index is 0.0233. The number of amides is 2. The number of hydrogen-bond donors (Lipinski definition) is 2. The van der Waals surface area contributed by atoms with Crippen molar-refractivity contribution in [3.8, 4) is 0 Å². The Hall–Kier alpha value is -2.34. The van der Waals surface area contributed by atoms with E-state index >= 15 is 0 Å². The Morgan fingerprint density at radius 3 is 2.13 bits per heavy atom. The number of ether oxygens (including phenoxy) is 8. The Labute approximate surface area is 372 Å². The van der Waals surface area contributed by atoms with Gasteiger partial charge in [0.1, 0.15) is 18.3 Å². The molecule has 0 bridgehead atoms. The lowest BCUT2D eigenvalue weighted by atomic mass is 9.65. The molecule has 0 aromatic heterocycles. The molecule has 2 heterocycles. The molecule has 9 atom stereocenters. The first-order valence-corrected chi connectivity index (χ1v) is 25.2. The average molecular weight is 899 g/mol. The lowest BCUT2D eigenvalue weighted by Crippen LogP contribution is -2.42. The molecule has 0 saturated carbocycles. The van der Waals surface area contributed by atoms with Gasteiger partial charge in [0.25, 0.3) is 0 Å². The number of unbranched alkanes of at least 4 members (excludes halogenated alkanes) is 1. The Kier molecular flexibility index (Phi) is 25.2. The predicted octanol–water partition coefficient (Wildman–Crippen LogP) is 6.84. The molecule has 2 amide bonds. The van der Waals surface area contributed by atoms with E-state index in [0.29, 0.717) is 91.2 Å². The summed E-state index contributed by atoms with van der Waals surface area (Å²) in [6, 6.07) is 0. The van der Waals surface area contributed by atoms with Crippen molar-refractivity contribution in [3.63, 3.8) is 0 Å². The van der Waals surface area contributed by atoms with E-state index in [4.69, 9.17) is 37.9 Å². The summed E-state index contributed by atoms with van der Waals surface area (Å²) in [5.41, 5.74) is 1.23. The summed E-state index contributed by atoms with van der Waals surface area (Å²) >= 11 is 0. The van der Waals surface area contributed by atoms with Crippen molar-refractivity contribution in [3.05, 3.63) is 23.8 Å². The maximum atomic E-state index is 12.8. The molecular formula is C45H74N2O12S2. The van der Waals surface area contributed by atoms with Crippen molar-refractivity contribution >= 4 is 45.5 Å². The first-order valence-electron chi connectivity index (χ1n) is 22.8. The molecule has 0 aromatic rings. The second-order valence-electron chi connectivity index (χ2n) is 16.6. The maximum absolute atomic E-state index is 12.8. The topological polar surface area (TPSA) is 166 Å². The Balaban J connectivity index is 0.944. The van der Waals surface area contributed by atoms with Crippen molar-refractivity contribution in [1.29, 1.82) is 0 Å². The third-order valence-electron chi connectivity index (χ3n) is 11.7. The first-order chi connectivity index (χ1) is 29.6. The summed E-state index contributed by atoms with van der Waals surface area (Å²) in [4.78, 5) is 49.9. The number of rotatable bonds is 30. The zero-order chi connectivity index (χ0) is 43.7. The highest BCUT2D eigenvalue weighted by Crippen LogP contribution is 2.45. The Morgan fingerprint density at radius 2 is 1.49 bits per heavy atom. The molecule has 0 spiro atoms. The summed E-state index contributed by atoms with van der Waals surface area (Å²) in [7, 11) is 3.95. The fourth-order valence-corrected chi connectivity index (χ4v) is 11.1. The summed E-state index contributed by atoms with van der Waals surface area (Å²) in [6.45, 7) is 13.3. The summed E-state index contributed by atoms with van der Waals surface area (Å²) < 4.78 is 45.1. The van der Waals surface area contributed by atoms with Gasteiger partial charge in [-0.15, -0.1) is 0 Å². The number of allylic oxidation sites excluding steroid dienone is 3. The fourth-order valence-electron chi connectivity index (χ4n) is 8.12. The van der Waals surface area contributed by atoms with Crippen LogP contribution in [0, 0.1) is 29.6 Å². The largest absolute Gasteiger partial charge is 0.462 e. The molecule has 14 nitrogen and oxygen atoms in total. The van der Waals surface area contributed by atoms with Crippen LogP contribution in [-0.2, 0) is 52.3 Å². The molecule has 4 rings (SSSR count). The standard InChI is InChI=1S/C45H74N2O12S2/c1-5-33(3)44(50)59-40-29-32(2)28-35-11-10-34(4)39(43(35)40)13-12-36-30-37(31-42(49)57-36)58-45(51)47-16-18-53-20-22-55-24-26-56-25-23-54-21-19-52-17-15-46-41(48)9-7-6-8-38-14-27-60-61-38/h10-11,28,32-34,36-40,43H,5-9,12-27,29-31H2,1-4H3,(H,46,48)(H,47,51)/t32-,33?,34+,36?,37?,38?,39+,40-,43-/m1/s1. The van der Waals surface area contributed by atoms with Gasteiger partial charge < -0.3 is 48.5 Å². The molecule has 2 aliphatic heterocycles. The molecule has 2 fully saturated rings. The molecule has 2 N–H and O–H groups in total. The maximum Gasteiger partial charge on any atom is 0.407 e. The molecular weight excluding hydrogens is 825 g/mol. The van der Waals surface area contributed by atoms with Crippen LogP contribution in [0.2, 0.25) is 0 Å². The average Bonchev–Trinajstić information content (AvgIpc) is 3.76. The van der Waals surface area contributed by atoms with Crippen LogP contribution in [0.15, 0.2) is 23.8 Å². The molecule has 0 aromatic carbocycles. The monoisotopic (exact) mass is 898 g/mol. The number of cyclic esters (lactones) is 1. The Bertz CT molecular complexity index is 1360. The van der Waals surface area contributed by atoms with Crippen molar-refractivity contribution in [2.75, 3.05) is 84.9 Å². The number of carbonyl (C=O) groups is 4. The van der Waals surface area contributed by atoms with E-state index in [2.05, 4.69) is 42.7 Å². The molecule has 61 heavy (non-hydrogen) atoms. The second-order valence-corrected chi connectivity index (χ2v) is 19.4. The number of nitrogens with one attached hydrogen (secondary N) is 2. The van der Waals surface area contributed by atoms with E-state index in [9.17, 15) is 19.2 Å². The van der Waals surface area contributed by atoms with Crippen LogP contribution in [0.4, 0.5) is 4.79 Å². The van der Waals surface area contributed by atoms with Crippen LogP contribution in [0.3, 0.4) is 0 Å². The lowest BCUT2D eigenvalue weighted by Gasteiger charge is -2.43. The quantitative estimate of drug-likeness (QED) is 0.0333. The van der Waals surface area contributed by atoms with Crippen molar-refractivity contribution in [1.82, 2.24) is 10.6 Å². The summed E-state index contributed by atoms with van der Waals surface area (Å²) in [6.07, 6.45) is 13.6. The van der Waals surface area contributed by atoms with Gasteiger partial charge >= 0.3 is 18.0 Å². The van der Waals surface area contributed by atoms with E-state index < -0.39 is 12.2 Å². The van der Waals surface area contributed by atoms with Gasteiger partial charge in [-0.1, -0.05) is 73.9 Å². The van der Waals surface area contributed by atoms with Crippen LogP contribution in [0.5, 0.6) is 0 Å². The molecule has 4 unspecified atom stereocenters. The zero-order valence-electron chi connectivity index (χ0n) is 37.1. The van der Waals surface area contributed by atoms with E-state index in [0.717, 1.165) is 37.4 Å². The minimum Gasteiger partial charge on any atom is -0.462 e. The van der Waals surface area contributed by atoms with Crippen LogP contribution < -0.4 is 10.6 Å².